The molecule has 0 saturated carbocycles. The van der Waals surface area contributed by atoms with Crippen molar-refractivity contribution in [3.05, 3.63) is 47.5 Å². The number of halogens is 1. The molecule has 0 bridgehead atoms. The van der Waals surface area contributed by atoms with E-state index >= 15 is 0 Å². The SMILES string of the molecule is Cc1cc(F)ccc1S(=O)(=O)NCc1ccnc(N2CCCC2)n1. The number of aromatic nitrogens is 2. The van der Waals surface area contributed by atoms with Crippen LogP contribution in [0.1, 0.15) is 24.1 Å². The summed E-state index contributed by atoms with van der Waals surface area (Å²) < 4.78 is 40.4. The topological polar surface area (TPSA) is 75.2 Å². The fraction of sp³-hybridized carbons (Fsp3) is 0.375. The van der Waals surface area contributed by atoms with Gasteiger partial charge in [-0.15, -0.1) is 0 Å². The highest BCUT2D eigenvalue weighted by molar-refractivity contribution is 7.89. The monoisotopic (exact) mass is 350 g/mol. The number of hydrogen-bond donors (Lipinski definition) is 1. The van der Waals surface area contributed by atoms with E-state index < -0.39 is 15.8 Å². The van der Waals surface area contributed by atoms with E-state index in [1.807, 2.05) is 0 Å². The van der Waals surface area contributed by atoms with Crippen LogP contribution in [0.5, 0.6) is 0 Å². The molecule has 128 valence electrons. The van der Waals surface area contributed by atoms with Crippen LogP contribution < -0.4 is 9.62 Å². The van der Waals surface area contributed by atoms with Gasteiger partial charge in [0.15, 0.2) is 0 Å². The minimum atomic E-state index is -3.73. The Kier molecular flexibility index (Phi) is 4.77. The van der Waals surface area contributed by atoms with Crippen LogP contribution in [0.4, 0.5) is 10.3 Å². The summed E-state index contributed by atoms with van der Waals surface area (Å²) in [6.45, 7) is 3.46. The lowest BCUT2D eigenvalue weighted by molar-refractivity contribution is 0.578. The minimum absolute atomic E-state index is 0.0580. The van der Waals surface area contributed by atoms with Crippen LogP contribution in [0.15, 0.2) is 35.4 Å². The molecule has 24 heavy (non-hydrogen) atoms. The quantitative estimate of drug-likeness (QED) is 0.893. The Bertz CT molecular complexity index is 836. The first-order valence-electron chi connectivity index (χ1n) is 7.78. The van der Waals surface area contributed by atoms with Crippen LogP contribution >= 0.6 is 0 Å². The highest BCUT2D eigenvalue weighted by atomic mass is 32.2. The predicted octanol–water partition coefficient (Wildman–Crippen LogP) is 2.00. The van der Waals surface area contributed by atoms with E-state index in [2.05, 4.69) is 19.6 Å². The van der Waals surface area contributed by atoms with Gasteiger partial charge in [-0.2, -0.15) is 0 Å². The summed E-state index contributed by atoms with van der Waals surface area (Å²) >= 11 is 0. The molecule has 0 amide bonds. The maximum atomic E-state index is 13.1. The maximum Gasteiger partial charge on any atom is 0.241 e. The molecule has 1 aliphatic rings. The second-order valence-corrected chi connectivity index (χ2v) is 7.51. The van der Waals surface area contributed by atoms with E-state index in [4.69, 9.17) is 0 Å². The predicted molar refractivity (Wildman–Crippen MR) is 88.6 cm³/mol. The Labute approximate surface area is 140 Å². The maximum absolute atomic E-state index is 13.1. The van der Waals surface area contributed by atoms with Gasteiger partial charge in [0.2, 0.25) is 16.0 Å². The van der Waals surface area contributed by atoms with Crippen LogP contribution in [0.2, 0.25) is 0 Å². The Balaban J connectivity index is 1.73. The number of benzene rings is 1. The van der Waals surface area contributed by atoms with Gasteiger partial charge in [0, 0.05) is 19.3 Å². The average molecular weight is 350 g/mol. The number of rotatable bonds is 5. The number of aryl methyl sites for hydroxylation is 1. The van der Waals surface area contributed by atoms with Gasteiger partial charge in [-0.25, -0.2) is 27.5 Å². The second-order valence-electron chi connectivity index (χ2n) is 5.78. The molecule has 0 radical (unpaired) electrons. The lowest BCUT2D eigenvalue weighted by Crippen LogP contribution is -2.26. The smallest absolute Gasteiger partial charge is 0.241 e. The summed E-state index contributed by atoms with van der Waals surface area (Å²) in [4.78, 5) is 10.8. The lowest BCUT2D eigenvalue weighted by atomic mass is 10.2. The van der Waals surface area contributed by atoms with Crippen molar-refractivity contribution >= 4 is 16.0 Å². The first-order chi connectivity index (χ1) is 11.5. The zero-order chi connectivity index (χ0) is 17.2. The molecule has 3 rings (SSSR count). The Morgan fingerprint density at radius 1 is 1.25 bits per heavy atom. The first-order valence-corrected chi connectivity index (χ1v) is 9.27. The number of hydrogen-bond acceptors (Lipinski definition) is 5. The van der Waals surface area contributed by atoms with E-state index in [-0.39, 0.29) is 11.4 Å². The molecule has 1 aliphatic heterocycles. The molecule has 2 heterocycles. The molecular formula is C16H19FN4O2S. The van der Waals surface area contributed by atoms with Gasteiger partial charge in [0.05, 0.1) is 17.1 Å². The van der Waals surface area contributed by atoms with E-state index in [9.17, 15) is 12.8 Å². The minimum Gasteiger partial charge on any atom is -0.341 e. The van der Waals surface area contributed by atoms with Crippen molar-refractivity contribution in [2.75, 3.05) is 18.0 Å². The molecule has 1 saturated heterocycles. The van der Waals surface area contributed by atoms with Crippen molar-refractivity contribution < 1.29 is 12.8 Å². The molecule has 8 heteroatoms. The molecule has 0 aliphatic carbocycles. The molecule has 2 aromatic rings. The summed E-state index contributed by atoms with van der Waals surface area (Å²) in [7, 11) is -3.73. The fourth-order valence-corrected chi connectivity index (χ4v) is 3.94. The van der Waals surface area contributed by atoms with Crippen molar-refractivity contribution in [3.8, 4) is 0 Å². The molecular weight excluding hydrogens is 331 g/mol. The van der Waals surface area contributed by atoms with Crippen molar-refractivity contribution in [2.45, 2.75) is 31.2 Å². The first kappa shape index (κ1) is 16.8. The lowest BCUT2D eigenvalue weighted by Gasteiger charge is -2.15. The van der Waals surface area contributed by atoms with Gasteiger partial charge < -0.3 is 4.90 Å². The average Bonchev–Trinajstić information content (AvgIpc) is 3.07. The number of nitrogens with zero attached hydrogens (tertiary/aromatic N) is 3. The van der Waals surface area contributed by atoms with Gasteiger partial charge in [-0.05, 0) is 49.6 Å². The van der Waals surface area contributed by atoms with Crippen molar-refractivity contribution in [3.63, 3.8) is 0 Å². The van der Waals surface area contributed by atoms with Crippen molar-refractivity contribution in [2.24, 2.45) is 0 Å². The number of anilines is 1. The summed E-state index contributed by atoms with van der Waals surface area (Å²) in [5, 5.41) is 0. The van der Waals surface area contributed by atoms with Gasteiger partial charge in [0.25, 0.3) is 0 Å². The van der Waals surface area contributed by atoms with Crippen molar-refractivity contribution in [1.29, 1.82) is 0 Å². The molecule has 1 N–H and O–H groups in total. The van der Waals surface area contributed by atoms with Gasteiger partial charge in [-0.1, -0.05) is 0 Å². The Morgan fingerprint density at radius 3 is 2.71 bits per heavy atom. The third-order valence-corrected chi connectivity index (χ3v) is 5.52. The molecule has 1 aromatic heterocycles. The molecule has 1 aromatic carbocycles. The van der Waals surface area contributed by atoms with Crippen LogP contribution in [0, 0.1) is 12.7 Å². The van der Waals surface area contributed by atoms with Crippen LogP contribution in [-0.4, -0.2) is 31.5 Å². The van der Waals surface area contributed by atoms with E-state index in [1.54, 1.807) is 19.2 Å². The summed E-state index contributed by atoms with van der Waals surface area (Å²) in [6.07, 6.45) is 3.86. The van der Waals surface area contributed by atoms with Crippen LogP contribution in [0.3, 0.4) is 0 Å². The Morgan fingerprint density at radius 2 is 2.00 bits per heavy atom. The number of nitrogens with one attached hydrogen (secondary N) is 1. The van der Waals surface area contributed by atoms with E-state index in [1.165, 1.54) is 12.1 Å². The molecule has 0 unspecified atom stereocenters. The Hall–Kier alpha value is -2.06. The van der Waals surface area contributed by atoms with E-state index in [0.717, 1.165) is 32.0 Å². The highest BCUT2D eigenvalue weighted by Crippen LogP contribution is 2.17. The van der Waals surface area contributed by atoms with Crippen LogP contribution in [-0.2, 0) is 16.6 Å². The zero-order valence-corrected chi connectivity index (χ0v) is 14.2. The molecule has 0 spiro atoms. The summed E-state index contributed by atoms with van der Waals surface area (Å²) in [5.41, 5.74) is 0.957. The van der Waals surface area contributed by atoms with E-state index in [0.29, 0.717) is 17.2 Å². The zero-order valence-electron chi connectivity index (χ0n) is 13.4. The fourth-order valence-electron chi connectivity index (χ4n) is 2.71. The molecule has 6 nitrogen and oxygen atoms in total. The largest absolute Gasteiger partial charge is 0.341 e. The standard InChI is InChI=1S/C16H19FN4O2S/c1-12-10-13(17)4-5-15(12)24(22,23)19-11-14-6-7-18-16(20-14)21-8-2-3-9-21/h4-7,10,19H,2-3,8-9,11H2,1H3. The van der Waals surface area contributed by atoms with Crippen molar-refractivity contribution in [1.82, 2.24) is 14.7 Å². The summed E-state index contributed by atoms with van der Waals surface area (Å²) in [6, 6.07) is 5.28. The molecule has 1 fully saturated rings. The summed E-state index contributed by atoms with van der Waals surface area (Å²) in [5.74, 6) is 0.166. The second kappa shape index (κ2) is 6.82. The molecule has 0 atom stereocenters. The third-order valence-electron chi connectivity index (χ3n) is 3.96. The highest BCUT2D eigenvalue weighted by Gasteiger charge is 2.18. The number of sulfonamides is 1. The normalized spacial score (nSPS) is 15.0. The van der Waals surface area contributed by atoms with Gasteiger partial charge in [-0.3, -0.25) is 0 Å². The van der Waals surface area contributed by atoms with Gasteiger partial charge >= 0.3 is 0 Å². The van der Waals surface area contributed by atoms with Crippen LogP contribution in [0.25, 0.3) is 0 Å². The third kappa shape index (κ3) is 3.70. The van der Waals surface area contributed by atoms with Gasteiger partial charge in [0.1, 0.15) is 5.82 Å².